The predicted octanol–water partition coefficient (Wildman–Crippen LogP) is 4.03. The number of aliphatic hydroxyl groups excluding tert-OH is 2. The quantitative estimate of drug-likeness (QED) is 0.264. The second kappa shape index (κ2) is 11.2. The van der Waals surface area contributed by atoms with Crippen molar-refractivity contribution in [1.82, 2.24) is 0 Å². The van der Waals surface area contributed by atoms with Gasteiger partial charge in [0.25, 0.3) is 0 Å². The molecule has 3 aliphatic rings. The van der Waals surface area contributed by atoms with Crippen molar-refractivity contribution in [2.75, 3.05) is 13.7 Å². The van der Waals surface area contributed by atoms with Gasteiger partial charge < -0.3 is 19.7 Å². The molecule has 0 radical (unpaired) electrons. The minimum absolute atomic E-state index is 0.0309. The third-order valence-corrected chi connectivity index (χ3v) is 9.35. The van der Waals surface area contributed by atoms with E-state index in [-0.39, 0.29) is 42.0 Å². The van der Waals surface area contributed by atoms with Crippen LogP contribution < -0.4 is 0 Å². The van der Waals surface area contributed by atoms with Crippen molar-refractivity contribution < 1.29 is 38.9 Å². The van der Waals surface area contributed by atoms with Crippen molar-refractivity contribution in [2.45, 2.75) is 58.0 Å². The van der Waals surface area contributed by atoms with Crippen LogP contribution in [0.2, 0.25) is 0 Å². The number of aliphatic hydroxyl groups is 2. The van der Waals surface area contributed by atoms with E-state index < -0.39 is 46.5 Å². The zero-order chi connectivity index (χ0) is 28.5. The summed E-state index contributed by atoms with van der Waals surface area (Å²) in [5, 5.41) is 24.5. The molecule has 0 aromatic heterocycles. The molecule has 1 aromatic carbocycles. The number of thioether (sulfide) groups is 1. The van der Waals surface area contributed by atoms with Gasteiger partial charge in [-0.3, -0.25) is 19.2 Å². The van der Waals surface area contributed by atoms with Crippen LogP contribution in [0.3, 0.4) is 0 Å². The molecule has 0 spiro atoms. The van der Waals surface area contributed by atoms with Crippen LogP contribution in [0.25, 0.3) is 0 Å². The van der Waals surface area contributed by atoms with Gasteiger partial charge >= 0.3 is 5.97 Å². The predicted molar refractivity (Wildman–Crippen MR) is 146 cm³/mol. The number of esters is 1. The van der Waals surface area contributed by atoms with Crippen LogP contribution >= 0.6 is 11.8 Å². The SMILES string of the molecule is COCC(O)[C@@]1(C)C(/C(C=O)=C/SCc2ccccc2)=C(O)C(=O)C2=C1C(OC(C)=O)C[C@]1(C)C(=O)CCC21. The summed E-state index contributed by atoms with van der Waals surface area (Å²) in [5.41, 5.74) is -0.994. The van der Waals surface area contributed by atoms with E-state index in [0.29, 0.717) is 24.0 Å². The van der Waals surface area contributed by atoms with Crippen molar-refractivity contribution >= 4 is 35.6 Å². The molecule has 1 fully saturated rings. The van der Waals surface area contributed by atoms with E-state index in [1.54, 1.807) is 19.3 Å². The molecule has 0 bridgehead atoms. The summed E-state index contributed by atoms with van der Waals surface area (Å²) in [5.74, 6) is -2.01. The highest BCUT2D eigenvalue weighted by atomic mass is 32.2. The standard InChI is InChI=1S/C30H34O8S/c1-17(32)38-21-12-29(2)20(10-11-22(29)33)24-26(21)30(3,23(34)14-37-4)25(28(36)27(24)35)19(13-31)16-39-15-18-8-6-5-7-9-18/h5-9,13,16,20-21,23,34,36H,10-12,14-15H2,1-4H3/b19-16+/t20?,21?,23?,29-,30-/m0/s1. The summed E-state index contributed by atoms with van der Waals surface area (Å²) in [6, 6.07) is 9.59. The second-order valence-electron chi connectivity index (χ2n) is 10.8. The monoisotopic (exact) mass is 554 g/mol. The molecular weight excluding hydrogens is 520 g/mol. The fourth-order valence-corrected chi connectivity index (χ4v) is 7.33. The largest absolute Gasteiger partial charge is 0.504 e. The van der Waals surface area contributed by atoms with Gasteiger partial charge in [0.1, 0.15) is 11.9 Å². The Hall–Kier alpha value is -3.01. The number of ketones is 2. The number of ether oxygens (including phenoxy) is 2. The summed E-state index contributed by atoms with van der Waals surface area (Å²) in [6.45, 7) is 4.44. The molecule has 5 atom stereocenters. The van der Waals surface area contributed by atoms with Gasteiger partial charge in [-0.15, -0.1) is 11.8 Å². The first-order chi connectivity index (χ1) is 18.5. The average Bonchev–Trinajstić information content (AvgIpc) is 3.19. The maximum absolute atomic E-state index is 13.9. The zero-order valence-corrected chi connectivity index (χ0v) is 23.4. The van der Waals surface area contributed by atoms with Crippen LogP contribution in [-0.4, -0.2) is 60.0 Å². The number of fused-ring (bicyclic) bond motifs is 2. The highest BCUT2D eigenvalue weighted by molar-refractivity contribution is 8.01. The van der Waals surface area contributed by atoms with Crippen molar-refractivity contribution in [3.05, 3.63) is 69.4 Å². The molecule has 3 aliphatic carbocycles. The molecule has 39 heavy (non-hydrogen) atoms. The third kappa shape index (κ3) is 4.92. The van der Waals surface area contributed by atoms with Gasteiger partial charge in [-0.2, -0.15) is 0 Å². The number of carbonyl (C=O) groups is 4. The van der Waals surface area contributed by atoms with E-state index in [2.05, 4.69) is 0 Å². The summed E-state index contributed by atoms with van der Waals surface area (Å²) in [7, 11) is 1.41. The van der Waals surface area contributed by atoms with Crippen molar-refractivity contribution in [3.8, 4) is 0 Å². The average molecular weight is 555 g/mol. The summed E-state index contributed by atoms with van der Waals surface area (Å²) >= 11 is 1.31. The Morgan fingerprint density at radius 3 is 2.54 bits per heavy atom. The minimum Gasteiger partial charge on any atom is -0.504 e. The fourth-order valence-electron chi connectivity index (χ4n) is 6.51. The van der Waals surface area contributed by atoms with Crippen LogP contribution in [0.15, 0.2) is 63.8 Å². The first kappa shape index (κ1) is 29.0. The lowest BCUT2D eigenvalue weighted by Crippen LogP contribution is -2.53. The molecular formula is C30H34O8S. The topological polar surface area (TPSA) is 127 Å². The number of benzene rings is 1. The van der Waals surface area contributed by atoms with Crippen molar-refractivity contribution in [3.63, 3.8) is 0 Å². The number of rotatable bonds is 9. The lowest BCUT2D eigenvalue weighted by atomic mass is 9.54. The normalized spacial score (nSPS) is 29.7. The van der Waals surface area contributed by atoms with Gasteiger partial charge in [-0.05, 0) is 29.9 Å². The lowest BCUT2D eigenvalue weighted by Gasteiger charge is -2.51. The third-order valence-electron chi connectivity index (χ3n) is 8.43. The number of hydrogen-bond acceptors (Lipinski definition) is 9. The fraction of sp³-hybridized carbons (Fsp3) is 0.467. The van der Waals surface area contributed by atoms with E-state index >= 15 is 0 Å². The molecule has 3 unspecified atom stereocenters. The van der Waals surface area contributed by atoms with Crippen molar-refractivity contribution in [2.24, 2.45) is 16.7 Å². The number of hydrogen-bond donors (Lipinski definition) is 2. The number of methoxy groups -OCH3 is 1. The highest BCUT2D eigenvalue weighted by Crippen LogP contribution is 2.61. The second-order valence-corrected chi connectivity index (χ2v) is 11.6. The van der Waals surface area contributed by atoms with Gasteiger partial charge in [0, 0.05) is 60.7 Å². The van der Waals surface area contributed by atoms with Gasteiger partial charge in [-0.1, -0.05) is 37.3 Å². The molecule has 4 rings (SSSR count). The lowest BCUT2D eigenvalue weighted by molar-refractivity contribution is -0.150. The van der Waals surface area contributed by atoms with Gasteiger partial charge in [0.05, 0.1) is 18.1 Å². The van der Waals surface area contributed by atoms with Crippen LogP contribution in [-0.2, 0) is 34.4 Å². The summed E-state index contributed by atoms with van der Waals surface area (Å²) in [4.78, 5) is 51.6. The summed E-state index contributed by atoms with van der Waals surface area (Å²) < 4.78 is 11.0. The Morgan fingerprint density at radius 1 is 1.23 bits per heavy atom. The zero-order valence-electron chi connectivity index (χ0n) is 22.6. The van der Waals surface area contributed by atoms with Crippen LogP contribution in [0, 0.1) is 16.7 Å². The molecule has 0 amide bonds. The van der Waals surface area contributed by atoms with Gasteiger partial charge in [0.2, 0.25) is 5.78 Å². The van der Waals surface area contributed by atoms with Gasteiger partial charge in [-0.25, -0.2) is 0 Å². The number of carbonyl (C=O) groups excluding carboxylic acids is 4. The van der Waals surface area contributed by atoms with Crippen molar-refractivity contribution in [1.29, 1.82) is 0 Å². The molecule has 0 aliphatic heterocycles. The Bertz CT molecular complexity index is 1280. The molecule has 208 valence electrons. The number of aldehydes is 1. The Labute approximate surface area is 232 Å². The summed E-state index contributed by atoms with van der Waals surface area (Å²) in [6.07, 6.45) is -1.01. The molecule has 0 heterocycles. The van der Waals surface area contributed by atoms with E-state index in [9.17, 15) is 29.4 Å². The molecule has 2 N–H and O–H groups in total. The first-order valence-corrected chi connectivity index (χ1v) is 14.0. The first-order valence-electron chi connectivity index (χ1n) is 12.9. The molecule has 9 heteroatoms. The number of allylic oxidation sites excluding steroid dienone is 2. The molecule has 1 saturated carbocycles. The van der Waals surface area contributed by atoms with Crippen LogP contribution in [0.4, 0.5) is 0 Å². The van der Waals surface area contributed by atoms with Gasteiger partial charge in [0.15, 0.2) is 12.0 Å². The molecule has 1 aromatic rings. The van der Waals surface area contributed by atoms with Crippen LogP contribution in [0.1, 0.15) is 45.6 Å². The molecule has 0 saturated heterocycles. The van der Waals surface area contributed by atoms with E-state index in [4.69, 9.17) is 9.47 Å². The van der Waals surface area contributed by atoms with E-state index in [1.165, 1.54) is 25.8 Å². The Kier molecular flexibility index (Phi) is 8.35. The van der Waals surface area contributed by atoms with E-state index in [1.807, 2.05) is 30.3 Å². The molecule has 8 nitrogen and oxygen atoms in total. The highest BCUT2D eigenvalue weighted by Gasteiger charge is 2.62. The maximum Gasteiger partial charge on any atom is 0.303 e. The number of Topliss-reactive ketones (excluding diaryl/α,β-unsaturated/α-hetero) is 2. The smallest absolute Gasteiger partial charge is 0.303 e. The van der Waals surface area contributed by atoms with E-state index in [0.717, 1.165) is 5.56 Å². The Balaban J connectivity index is 1.91. The Morgan fingerprint density at radius 2 is 1.92 bits per heavy atom. The minimum atomic E-state index is -1.53. The van der Waals surface area contributed by atoms with Crippen LogP contribution in [0.5, 0.6) is 0 Å². The maximum atomic E-state index is 13.9.